The minimum absolute atomic E-state index is 0.309. The van der Waals surface area contributed by atoms with E-state index in [4.69, 9.17) is 9.47 Å². The van der Waals surface area contributed by atoms with Gasteiger partial charge in [0.05, 0.1) is 5.56 Å². The maximum absolute atomic E-state index is 12.8. The highest BCUT2D eigenvalue weighted by Gasteiger charge is 2.18. The van der Waals surface area contributed by atoms with Gasteiger partial charge in [-0.15, -0.1) is 5.10 Å². The standard InChI is InChI=1S/C22H25N5O3/c28-20(23-21-24-22(26-25-21)27-13-7-2-8-14-27)18-11-5-6-12-19(18)30-16-15-29-17-9-3-1-4-10-17/h1,3-6,9-12H,2,7-8,13-16H2,(H2,23,24,25,26,28). The molecule has 0 atom stereocenters. The lowest BCUT2D eigenvalue weighted by molar-refractivity contribution is 0.102. The number of para-hydroxylation sites is 2. The van der Waals surface area contributed by atoms with Crippen LogP contribution in [0.3, 0.4) is 0 Å². The van der Waals surface area contributed by atoms with Gasteiger partial charge in [0, 0.05) is 13.1 Å². The van der Waals surface area contributed by atoms with Crippen LogP contribution < -0.4 is 19.7 Å². The van der Waals surface area contributed by atoms with E-state index in [1.54, 1.807) is 18.2 Å². The van der Waals surface area contributed by atoms with E-state index in [-0.39, 0.29) is 5.91 Å². The average Bonchev–Trinajstić information content (AvgIpc) is 3.27. The predicted octanol–water partition coefficient (Wildman–Crippen LogP) is 3.51. The Bertz CT molecular complexity index is 954. The summed E-state index contributed by atoms with van der Waals surface area (Å²) in [4.78, 5) is 19.3. The fourth-order valence-electron chi connectivity index (χ4n) is 3.33. The van der Waals surface area contributed by atoms with E-state index in [2.05, 4.69) is 25.4 Å². The van der Waals surface area contributed by atoms with Crippen LogP contribution in [0.1, 0.15) is 29.6 Å². The number of nitrogens with one attached hydrogen (secondary N) is 2. The van der Waals surface area contributed by atoms with Gasteiger partial charge in [-0.3, -0.25) is 10.1 Å². The number of carbonyl (C=O) groups excluding carboxylic acids is 1. The predicted molar refractivity (Wildman–Crippen MR) is 114 cm³/mol. The van der Waals surface area contributed by atoms with Gasteiger partial charge >= 0.3 is 0 Å². The third-order valence-electron chi connectivity index (χ3n) is 4.83. The molecule has 30 heavy (non-hydrogen) atoms. The second-order valence-electron chi connectivity index (χ2n) is 6.99. The molecular weight excluding hydrogens is 382 g/mol. The van der Waals surface area contributed by atoms with Crippen LogP contribution in [0, 0.1) is 0 Å². The summed E-state index contributed by atoms with van der Waals surface area (Å²) < 4.78 is 11.4. The zero-order chi connectivity index (χ0) is 20.6. The third kappa shape index (κ3) is 5.08. The molecule has 2 aromatic carbocycles. The van der Waals surface area contributed by atoms with E-state index in [0.717, 1.165) is 31.7 Å². The molecule has 156 valence electrons. The maximum Gasteiger partial charge on any atom is 0.261 e. The number of aromatic amines is 1. The number of carbonyl (C=O) groups is 1. The van der Waals surface area contributed by atoms with E-state index < -0.39 is 0 Å². The van der Waals surface area contributed by atoms with Crippen molar-refractivity contribution in [1.29, 1.82) is 0 Å². The van der Waals surface area contributed by atoms with Gasteiger partial charge in [-0.1, -0.05) is 30.3 Å². The molecule has 0 aliphatic carbocycles. The van der Waals surface area contributed by atoms with Crippen molar-refractivity contribution in [2.75, 3.05) is 36.5 Å². The summed E-state index contributed by atoms with van der Waals surface area (Å²) in [5, 5.41) is 9.79. The van der Waals surface area contributed by atoms with Crippen molar-refractivity contribution in [3.63, 3.8) is 0 Å². The van der Waals surface area contributed by atoms with Crippen molar-refractivity contribution in [2.24, 2.45) is 0 Å². The second-order valence-corrected chi connectivity index (χ2v) is 6.99. The Morgan fingerprint density at radius 2 is 1.70 bits per heavy atom. The molecule has 2 heterocycles. The van der Waals surface area contributed by atoms with Crippen LogP contribution in [0.5, 0.6) is 11.5 Å². The summed E-state index contributed by atoms with van der Waals surface area (Å²) in [6.07, 6.45) is 3.50. The van der Waals surface area contributed by atoms with Gasteiger partial charge in [0.25, 0.3) is 5.91 Å². The smallest absolute Gasteiger partial charge is 0.261 e. The quantitative estimate of drug-likeness (QED) is 0.555. The number of nitrogens with zero attached hydrogens (tertiary/aromatic N) is 3. The molecule has 1 fully saturated rings. The largest absolute Gasteiger partial charge is 0.490 e. The Balaban J connectivity index is 1.33. The molecule has 0 unspecified atom stereocenters. The number of benzene rings is 2. The molecule has 8 nitrogen and oxygen atoms in total. The van der Waals surface area contributed by atoms with Crippen LogP contribution in [0.2, 0.25) is 0 Å². The molecule has 3 aromatic rings. The first kappa shape index (κ1) is 19.8. The Hall–Kier alpha value is -3.55. The lowest BCUT2D eigenvalue weighted by atomic mass is 10.1. The maximum atomic E-state index is 12.8. The van der Waals surface area contributed by atoms with Crippen molar-refractivity contribution in [3.05, 3.63) is 60.2 Å². The number of ether oxygens (including phenoxy) is 2. The molecular formula is C22H25N5O3. The SMILES string of the molecule is O=C(Nc1nc(N2CCCCC2)n[nH]1)c1ccccc1OCCOc1ccccc1. The van der Waals surface area contributed by atoms with Crippen LogP contribution in [0.25, 0.3) is 0 Å². The summed E-state index contributed by atoms with van der Waals surface area (Å²) in [5.74, 6) is 1.90. The van der Waals surface area contributed by atoms with Crippen LogP contribution in [-0.2, 0) is 0 Å². The van der Waals surface area contributed by atoms with Gasteiger partial charge in [0.15, 0.2) is 0 Å². The summed E-state index contributed by atoms with van der Waals surface area (Å²) in [7, 11) is 0. The normalized spacial score (nSPS) is 13.7. The van der Waals surface area contributed by atoms with Gasteiger partial charge in [-0.05, 0) is 43.5 Å². The zero-order valence-corrected chi connectivity index (χ0v) is 16.7. The van der Waals surface area contributed by atoms with Gasteiger partial charge in [-0.25, -0.2) is 5.10 Å². The first-order valence-corrected chi connectivity index (χ1v) is 10.2. The average molecular weight is 407 g/mol. The summed E-state index contributed by atoms with van der Waals surface area (Å²) in [6, 6.07) is 16.6. The first-order chi connectivity index (χ1) is 14.8. The van der Waals surface area contributed by atoms with Crippen LogP contribution in [0.4, 0.5) is 11.9 Å². The molecule has 0 radical (unpaired) electrons. The first-order valence-electron chi connectivity index (χ1n) is 10.2. The highest BCUT2D eigenvalue weighted by molar-refractivity contribution is 6.05. The minimum Gasteiger partial charge on any atom is -0.490 e. The fourth-order valence-corrected chi connectivity index (χ4v) is 3.33. The van der Waals surface area contributed by atoms with Gasteiger partial charge < -0.3 is 14.4 Å². The fraction of sp³-hybridized carbons (Fsp3) is 0.318. The number of hydrogen-bond donors (Lipinski definition) is 2. The van der Waals surface area contributed by atoms with E-state index >= 15 is 0 Å². The van der Waals surface area contributed by atoms with E-state index in [9.17, 15) is 4.79 Å². The molecule has 1 amide bonds. The lowest BCUT2D eigenvalue weighted by Gasteiger charge is -2.24. The van der Waals surface area contributed by atoms with E-state index in [0.29, 0.717) is 36.4 Å². The van der Waals surface area contributed by atoms with Crippen LogP contribution in [0.15, 0.2) is 54.6 Å². The number of H-pyrrole nitrogens is 1. The minimum atomic E-state index is -0.309. The van der Waals surface area contributed by atoms with Crippen LogP contribution in [-0.4, -0.2) is 47.4 Å². The summed E-state index contributed by atoms with van der Waals surface area (Å²) in [6.45, 7) is 2.57. The van der Waals surface area contributed by atoms with Gasteiger partial charge in [0.2, 0.25) is 11.9 Å². The molecule has 1 aliphatic rings. The zero-order valence-electron chi connectivity index (χ0n) is 16.7. The number of piperidine rings is 1. The molecule has 0 spiro atoms. The third-order valence-corrected chi connectivity index (χ3v) is 4.83. The Morgan fingerprint density at radius 3 is 2.53 bits per heavy atom. The lowest BCUT2D eigenvalue weighted by Crippen LogP contribution is -2.30. The Kier molecular flexibility index (Phi) is 6.44. The van der Waals surface area contributed by atoms with Crippen molar-refractivity contribution in [3.8, 4) is 11.5 Å². The number of amides is 1. The second kappa shape index (κ2) is 9.78. The monoisotopic (exact) mass is 407 g/mol. The number of hydrogen-bond acceptors (Lipinski definition) is 6. The van der Waals surface area contributed by atoms with Crippen molar-refractivity contribution in [2.45, 2.75) is 19.3 Å². The topological polar surface area (TPSA) is 92.4 Å². The van der Waals surface area contributed by atoms with E-state index in [1.165, 1.54) is 6.42 Å². The highest BCUT2D eigenvalue weighted by Crippen LogP contribution is 2.20. The molecule has 1 aliphatic heterocycles. The van der Waals surface area contributed by atoms with Crippen LogP contribution >= 0.6 is 0 Å². The van der Waals surface area contributed by atoms with E-state index in [1.807, 2.05) is 36.4 Å². The number of rotatable bonds is 8. The Labute approximate surface area is 175 Å². The molecule has 1 aromatic heterocycles. The van der Waals surface area contributed by atoms with Crippen molar-refractivity contribution >= 4 is 17.8 Å². The molecule has 0 bridgehead atoms. The molecule has 0 saturated carbocycles. The molecule has 2 N–H and O–H groups in total. The summed E-state index contributed by atoms with van der Waals surface area (Å²) in [5.41, 5.74) is 0.424. The molecule has 1 saturated heterocycles. The summed E-state index contributed by atoms with van der Waals surface area (Å²) >= 11 is 0. The molecule has 8 heteroatoms. The van der Waals surface area contributed by atoms with Crippen molar-refractivity contribution in [1.82, 2.24) is 15.2 Å². The van der Waals surface area contributed by atoms with Gasteiger partial charge in [0.1, 0.15) is 24.7 Å². The highest BCUT2D eigenvalue weighted by atomic mass is 16.5. The Morgan fingerprint density at radius 1 is 0.967 bits per heavy atom. The van der Waals surface area contributed by atoms with Gasteiger partial charge in [-0.2, -0.15) is 4.98 Å². The number of aromatic nitrogens is 3. The number of anilines is 2. The molecule has 4 rings (SSSR count). The van der Waals surface area contributed by atoms with Crippen molar-refractivity contribution < 1.29 is 14.3 Å².